The van der Waals surface area contributed by atoms with E-state index < -0.39 is 11.6 Å². The highest BCUT2D eigenvalue weighted by Crippen LogP contribution is 2.21. The smallest absolute Gasteiger partial charge is 0.135 e. The van der Waals surface area contributed by atoms with Gasteiger partial charge < -0.3 is 5.41 Å². The van der Waals surface area contributed by atoms with Gasteiger partial charge in [-0.2, -0.15) is 0 Å². The molecule has 1 aromatic rings. The molecule has 1 rings (SSSR count). The highest BCUT2D eigenvalue weighted by atomic mass is 19.1. The standard InChI is InChI=1S/C10H11F2N/c1-6(2)8-3-7(11)4-10(12)9(8)5-13/h3-6,13H,1-2H3. The van der Waals surface area contributed by atoms with Crippen molar-refractivity contribution in [1.29, 1.82) is 5.41 Å². The summed E-state index contributed by atoms with van der Waals surface area (Å²) in [6, 6.07) is 2.07. The van der Waals surface area contributed by atoms with Crippen LogP contribution in [-0.4, -0.2) is 6.21 Å². The van der Waals surface area contributed by atoms with Crippen molar-refractivity contribution in [3.63, 3.8) is 0 Å². The van der Waals surface area contributed by atoms with Crippen LogP contribution in [0.1, 0.15) is 30.9 Å². The molecule has 0 saturated carbocycles. The molecule has 0 aliphatic rings. The van der Waals surface area contributed by atoms with Crippen molar-refractivity contribution in [2.45, 2.75) is 19.8 Å². The fourth-order valence-corrected chi connectivity index (χ4v) is 1.23. The largest absolute Gasteiger partial charge is 0.308 e. The predicted octanol–water partition coefficient (Wildman–Crippen LogP) is 3.09. The quantitative estimate of drug-likeness (QED) is 0.681. The molecule has 0 atom stereocenters. The first kappa shape index (κ1) is 9.84. The van der Waals surface area contributed by atoms with E-state index in [0.29, 0.717) is 5.56 Å². The van der Waals surface area contributed by atoms with E-state index in [1.807, 2.05) is 13.8 Å². The third kappa shape index (κ3) is 1.91. The Kier molecular flexibility index (Phi) is 2.76. The fourth-order valence-electron chi connectivity index (χ4n) is 1.23. The molecule has 0 unspecified atom stereocenters. The molecule has 0 fully saturated rings. The Hall–Kier alpha value is -1.25. The van der Waals surface area contributed by atoms with Gasteiger partial charge in [-0.25, -0.2) is 8.78 Å². The van der Waals surface area contributed by atoms with E-state index >= 15 is 0 Å². The normalized spacial score (nSPS) is 10.5. The van der Waals surface area contributed by atoms with Crippen molar-refractivity contribution in [3.8, 4) is 0 Å². The van der Waals surface area contributed by atoms with Gasteiger partial charge in [0.15, 0.2) is 0 Å². The number of rotatable bonds is 2. The molecule has 0 aromatic heterocycles. The minimum atomic E-state index is -0.668. The van der Waals surface area contributed by atoms with E-state index in [-0.39, 0.29) is 11.5 Å². The lowest BCUT2D eigenvalue weighted by Crippen LogP contribution is -2.00. The molecule has 1 nitrogen and oxygen atoms in total. The predicted molar refractivity (Wildman–Crippen MR) is 48.3 cm³/mol. The number of nitrogens with one attached hydrogen (secondary N) is 1. The van der Waals surface area contributed by atoms with E-state index in [2.05, 4.69) is 0 Å². The van der Waals surface area contributed by atoms with Crippen molar-refractivity contribution < 1.29 is 8.78 Å². The monoisotopic (exact) mass is 183 g/mol. The number of halogens is 2. The van der Waals surface area contributed by atoms with Crippen molar-refractivity contribution in [2.75, 3.05) is 0 Å². The van der Waals surface area contributed by atoms with Gasteiger partial charge in [0, 0.05) is 17.8 Å². The lowest BCUT2D eigenvalue weighted by atomic mass is 9.97. The van der Waals surface area contributed by atoms with Gasteiger partial charge in [-0.15, -0.1) is 0 Å². The Morgan fingerprint density at radius 2 is 1.92 bits per heavy atom. The summed E-state index contributed by atoms with van der Waals surface area (Å²) in [5.41, 5.74) is 0.712. The summed E-state index contributed by atoms with van der Waals surface area (Å²) in [6.45, 7) is 3.67. The van der Waals surface area contributed by atoms with Crippen LogP contribution in [0.15, 0.2) is 12.1 Å². The van der Waals surface area contributed by atoms with E-state index in [9.17, 15) is 8.78 Å². The Balaban J connectivity index is 3.38. The zero-order valence-electron chi connectivity index (χ0n) is 7.57. The first-order valence-corrected chi connectivity index (χ1v) is 4.05. The highest BCUT2D eigenvalue weighted by molar-refractivity contribution is 5.80. The highest BCUT2D eigenvalue weighted by Gasteiger charge is 2.11. The second-order valence-electron chi connectivity index (χ2n) is 3.19. The second kappa shape index (κ2) is 3.64. The van der Waals surface area contributed by atoms with Crippen LogP contribution in [0.5, 0.6) is 0 Å². The molecular weight excluding hydrogens is 172 g/mol. The molecule has 0 heterocycles. The number of hydrogen-bond acceptors (Lipinski definition) is 1. The molecule has 13 heavy (non-hydrogen) atoms. The average Bonchev–Trinajstić information content (AvgIpc) is 2.02. The molecule has 0 spiro atoms. The minimum absolute atomic E-state index is 0.0156. The van der Waals surface area contributed by atoms with Gasteiger partial charge in [0.05, 0.1) is 0 Å². The van der Waals surface area contributed by atoms with Crippen molar-refractivity contribution in [3.05, 3.63) is 34.9 Å². The van der Waals surface area contributed by atoms with Crippen molar-refractivity contribution in [2.24, 2.45) is 0 Å². The van der Waals surface area contributed by atoms with E-state index in [0.717, 1.165) is 12.3 Å². The zero-order valence-corrected chi connectivity index (χ0v) is 7.57. The topological polar surface area (TPSA) is 23.9 Å². The zero-order chi connectivity index (χ0) is 10.0. The molecule has 3 heteroatoms. The first-order valence-electron chi connectivity index (χ1n) is 4.05. The van der Waals surface area contributed by atoms with E-state index in [1.165, 1.54) is 6.07 Å². The summed E-state index contributed by atoms with van der Waals surface area (Å²) in [6.07, 6.45) is 0.921. The molecule has 0 amide bonds. The maximum Gasteiger partial charge on any atom is 0.135 e. The van der Waals surface area contributed by atoms with Gasteiger partial charge in [0.25, 0.3) is 0 Å². The van der Waals surface area contributed by atoms with Crippen LogP contribution in [0.4, 0.5) is 8.78 Å². The number of hydrogen-bond donors (Lipinski definition) is 1. The van der Waals surface area contributed by atoms with Crippen molar-refractivity contribution >= 4 is 6.21 Å². The summed E-state index contributed by atoms with van der Waals surface area (Å²) < 4.78 is 25.9. The Morgan fingerprint density at radius 3 is 2.38 bits per heavy atom. The van der Waals surface area contributed by atoms with Crippen LogP contribution in [0.2, 0.25) is 0 Å². The molecule has 1 aromatic carbocycles. The summed E-state index contributed by atoms with van der Waals surface area (Å²) >= 11 is 0. The maximum atomic E-state index is 13.1. The third-order valence-corrected chi connectivity index (χ3v) is 1.89. The van der Waals surface area contributed by atoms with Crippen LogP contribution in [0.25, 0.3) is 0 Å². The maximum absolute atomic E-state index is 13.1. The Bertz CT molecular complexity index is 332. The van der Waals surface area contributed by atoms with Crippen LogP contribution in [-0.2, 0) is 0 Å². The van der Waals surface area contributed by atoms with Gasteiger partial charge >= 0.3 is 0 Å². The molecule has 0 radical (unpaired) electrons. The van der Waals surface area contributed by atoms with E-state index in [4.69, 9.17) is 5.41 Å². The molecule has 0 bridgehead atoms. The van der Waals surface area contributed by atoms with E-state index in [1.54, 1.807) is 0 Å². The SMILES string of the molecule is CC(C)c1cc(F)cc(F)c1C=N. The lowest BCUT2D eigenvalue weighted by molar-refractivity contribution is 0.575. The summed E-state index contributed by atoms with van der Waals surface area (Å²) in [5.74, 6) is -1.24. The van der Waals surface area contributed by atoms with Crippen LogP contribution < -0.4 is 0 Å². The average molecular weight is 183 g/mol. The van der Waals surface area contributed by atoms with Gasteiger partial charge in [-0.05, 0) is 17.5 Å². The summed E-state index contributed by atoms with van der Waals surface area (Å²) in [4.78, 5) is 0. The summed E-state index contributed by atoms with van der Waals surface area (Å²) in [5, 5.41) is 7.00. The third-order valence-electron chi connectivity index (χ3n) is 1.89. The van der Waals surface area contributed by atoms with Gasteiger partial charge in [0.1, 0.15) is 11.6 Å². The summed E-state index contributed by atoms with van der Waals surface area (Å²) in [7, 11) is 0. The Labute approximate surface area is 75.9 Å². The van der Waals surface area contributed by atoms with Gasteiger partial charge in [-0.3, -0.25) is 0 Å². The molecule has 70 valence electrons. The molecular formula is C10H11F2N. The molecule has 0 aliphatic carbocycles. The fraction of sp³-hybridized carbons (Fsp3) is 0.300. The molecule has 0 saturated heterocycles. The second-order valence-corrected chi connectivity index (χ2v) is 3.19. The lowest BCUT2D eigenvalue weighted by Gasteiger charge is -2.09. The van der Waals surface area contributed by atoms with Crippen LogP contribution in [0.3, 0.4) is 0 Å². The van der Waals surface area contributed by atoms with Crippen LogP contribution in [0, 0.1) is 17.0 Å². The number of benzene rings is 1. The Morgan fingerprint density at radius 1 is 1.31 bits per heavy atom. The first-order chi connectivity index (χ1) is 6.06. The molecule has 0 aliphatic heterocycles. The van der Waals surface area contributed by atoms with Gasteiger partial charge in [0.2, 0.25) is 0 Å². The van der Waals surface area contributed by atoms with Crippen LogP contribution >= 0.6 is 0 Å². The van der Waals surface area contributed by atoms with Gasteiger partial charge in [-0.1, -0.05) is 13.8 Å². The molecule has 1 N–H and O–H groups in total. The minimum Gasteiger partial charge on any atom is -0.308 e. The van der Waals surface area contributed by atoms with Crippen molar-refractivity contribution in [1.82, 2.24) is 0 Å².